The molecule has 2 heterocycles. The molecule has 1 saturated carbocycles. The summed E-state index contributed by atoms with van der Waals surface area (Å²) in [7, 11) is 0. The van der Waals surface area contributed by atoms with E-state index in [0.717, 1.165) is 44.3 Å². The first kappa shape index (κ1) is 15.1. The Bertz CT molecular complexity index is 668. The largest absolute Gasteiger partial charge is 0.348 e. The van der Waals surface area contributed by atoms with Gasteiger partial charge >= 0.3 is 0 Å². The Morgan fingerprint density at radius 2 is 2.00 bits per heavy atom. The summed E-state index contributed by atoms with van der Waals surface area (Å²) < 4.78 is 1.29. The third-order valence-electron chi connectivity index (χ3n) is 5.22. The number of rotatable bonds is 4. The predicted octanol–water partition coefficient (Wildman–Crippen LogP) is 1.73. The number of fused-ring (bicyclic) bond motifs is 1. The van der Waals surface area contributed by atoms with Crippen molar-refractivity contribution in [2.45, 2.75) is 50.6 Å². The highest BCUT2D eigenvalue weighted by atomic mass is 32.1. The number of piperidine rings is 1. The number of amides is 1. The highest BCUT2D eigenvalue weighted by Crippen LogP contribution is 2.31. The van der Waals surface area contributed by atoms with Crippen molar-refractivity contribution in [3.05, 3.63) is 29.3 Å². The van der Waals surface area contributed by atoms with Gasteiger partial charge in [0.25, 0.3) is 5.91 Å². The number of para-hydroxylation sites is 1. The molecule has 2 aromatic rings. The minimum absolute atomic E-state index is 0.0758. The van der Waals surface area contributed by atoms with Gasteiger partial charge in [-0.25, -0.2) is 4.98 Å². The van der Waals surface area contributed by atoms with Gasteiger partial charge in [-0.1, -0.05) is 12.1 Å². The molecule has 2 fully saturated rings. The molecule has 1 atom stereocenters. The Hall–Kier alpha value is -1.46. The van der Waals surface area contributed by atoms with Crippen LogP contribution in [0, 0.1) is 0 Å². The van der Waals surface area contributed by atoms with Crippen LogP contribution in [0.5, 0.6) is 0 Å². The average molecular weight is 330 g/mol. The van der Waals surface area contributed by atoms with Crippen LogP contribution in [0.1, 0.15) is 43.5 Å². The van der Waals surface area contributed by atoms with E-state index < -0.39 is 0 Å². The smallest absolute Gasteiger partial charge is 0.278 e. The van der Waals surface area contributed by atoms with Gasteiger partial charge in [0.2, 0.25) is 0 Å². The van der Waals surface area contributed by atoms with Gasteiger partial charge in [0.15, 0.2) is 6.04 Å². The number of quaternary nitrogens is 1. The van der Waals surface area contributed by atoms with E-state index in [1.165, 1.54) is 14.6 Å². The first-order chi connectivity index (χ1) is 11.2. The normalized spacial score (nSPS) is 26.1. The zero-order valence-electron chi connectivity index (χ0n) is 13.5. The SMILES string of the molecule is C[C@H](C(=O)NC1CC1)[NH+]1CCC(c2nc3ccccc3s2)CC1. The molecule has 0 bridgehead atoms. The Kier molecular flexibility index (Phi) is 4.07. The molecule has 0 unspecified atom stereocenters. The first-order valence-electron chi connectivity index (χ1n) is 8.71. The quantitative estimate of drug-likeness (QED) is 0.897. The summed E-state index contributed by atoms with van der Waals surface area (Å²) in [4.78, 5) is 18.5. The predicted molar refractivity (Wildman–Crippen MR) is 92.9 cm³/mol. The summed E-state index contributed by atoms with van der Waals surface area (Å²) in [5.74, 6) is 0.802. The van der Waals surface area contributed by atoms with Crippen LogP contribution in [0.25, 0.3) is 10.2 Å². The fraction of sp³-hybridized carbons (Fsp3) is 0.556. The van der Waals surface area contributed by atoms with Gasteiger partial charge in [0.05, 0.1) is 28.3 Å². The molecular weight excluding hydrogens is 306 g/mol. The van der Waals surface area contributed by atoms with E-state index in [9.17, 15) is 4.79 Å². The summed E-state index contributed by atoms with van der Waals surface area (Å²) >= 11 is 1.84. The Labute approximate surface area is 140 Å². The maximum Gasteiger partial charge on any atom is 0.278 e. The van der Waals surface area contributed by atoms with Crippen molar-refractivity contribution in [3.63, 3.8) is 0 Å². The van der Waals surface area contributed by atoms with Crippen LogP contribution in [-0.4, -0.2) is 36.1 Å². The maximum absolute atomic E-state index is 12.2. The number of benzene rings is 1. The van der Waals surface area contributed by atoms with Gasteiger partial charge < -0.3 is 10.2 Å². The van der Waals surface area contributed by atoms with E-state index in [4.69, 9.17) is 4.98 Å². The lowest BCUT2D eigenvalue weighted by atomic mass is 9.96. The molecule has 2 aliphatic rings. The molecule has 1 aromatic heterocycles. The molecule has 1 saturated heterocycles. The second kappa shape index (κ2) is 6.21. The lowest BCUT2D eigenvalue weighted by molar-refractivity contribution is -0.919. The highest BCUT2D eigenvalue weighted by Gasteiger charge is 2.34. The van der Waals surface area contributed by atoms with E-state index in [1.807, 2.05) is 11.3 Å². The number of likely N-dealkylation sites (tertiary alicyclic amines) is 1. The molecule has 1 amide bonds. The van der Waals surface area contributed by atoms with Crippen LogP contribution < -0.4 is 10.2 Å². The summed E-state index contributed by atoms with van der Waals surface area (Å²) in [6.45, 7) is 4.21. The number of nitrogens with zero attached hydrogens (tertiary/aromatic N) is 1. The zero-order chi connectivity index (χ0) is 15.8. The maximum atomic E-state index is 12.2. The van der Waals surface area contributed by atoms with E-state index in [1.54, 1.807) is 0 Å². The van der Waals surface area contributed by atoms with Crippen LogP contribution in [0.2, 0.25) is 0 Å². The van der Waals surface area contributed by atoms with Crippen LogP contribution in [0.4, 0.5) is 0 Å². The van der Waals surface area contributed by atoms with Crippen LogP contribution in [-0.2, 0) is 4.79 Å². The number of aromatic nitrogens is 1. The number of carbonyl (C=O) groups is 1. The molecule has 0 radical (unpaired) electrons. The molecule has 122 valence electrons. The van der Waals surface area contributed by atoms with Crippen molar-refractivity contribution in [1.29, 1.82) is 0 Å². The second-order valence-electron chi connectivity index (χ2n) is 6.96. The molecule has 4 nitrogen and oxygen atoms in total. The van der Waals surface area contributed by atoms with Crippen LogP contribution in [0.3, 0.4) is 0 Å². The van der Waals surface area contributed by atoms with Crippen molar-refractivity contribution < 1.29 is 9.69 Å². The van der Waals surface area contributed by atoms with Crippen molar-refractivity contribution in [2.24, 2.45) is 0 Å². The summed E-state index contributed by atoms with van der Waals surface area (Å²) in [6, 6.07) is 8.92. The molecule has 2 N–H and O–H groups in total. The number of thiazole rings is 1. The molecule has 23 heavy (non-hydrogen) atoms. The van der Waals surface area contributed by atoms with Gasteiger partial charge in [-0.3, -0.25) is 4.79 Å². The monoisotopic (exact) mass is 330 g/mol. The van der Waals surface area contributed by atoms with Crippen molar-refractivity contribution >= 4 is 27.5 Å². The average Bonchev–Trinajstić information content (AvgIpc) is 3.29. The summed E-state index contributed by atoms with van der Waals surface area (Å²) in [5.41, 5.74) is 1.12. The molecular formula is C18H24N3OS+. The molecule has 1 aliphatic carbocycles. The third-order valence-corrected chi connectivity index (χ3v) is 6.42. The van der Waals surface area contributed by atoms with Gasteiger partial charge in [-0.2, -0.15) is 0 Å². The Morgan fingerprint density at radius 1 is 1.26 bits per heavy atom. The lowest BCUT2D eigenvalue weighted by Gasteiger charge is -2.31. The standard InChI is InChI=1S/C18H23N3OS/c1-12(17(22)19-14-6-7-14)21-10-8-13(9-11-21)18-20-15-4-2-3-5-16(15)23-18/h2-5,12-14H,6-11H2,1H3,(H,19,22)/p+1/t12-/m1/s1. The number of hydrogen-bond donors (Lipinski definition) is 2. The fourth-order valence-corrected chi connectivity index (χ4v) is 4.61. The van der Waals surface area contributed by atoms with Gasteiger partial charge in [-0.15, -0.1) is 11.3 Å². The van der Waals surface area contributed by atoms with Crippen LogP contribution >= 0.6 is 11.3 Å². The summed E-state index contributed by atoms with van der Waals surface area (Å²) in [6.07, 6.45) is 4.59. The molecule has 5 heteroatoms. The molecule has 1 aliphatic heterocycles. The fourth-order valence-electron chi connectivity index (χ4n) is 3.47. The van der Waals surface area contributed by atoms with E-state index >= 15 is 0 Å². The minimum atomic E-state index is 0.0758. The first-order valence-corrected chi connectivity index (χ1v) is 9.53. The van der Waals surface area contributed by atoms with Gasteiger partial charge in [0.1, 0.15) is 0 Å². The zero-order valence-corrected chi connectivity index (χ0v) is 14.4. The second-order valence-corrected chi connectivity index (χ2v) is 8.02. The van der Waals surface area contributed by atoms with Crippen molar-refractivity contribution in [2.75, 3.05) is 13.1 Å². The molecule has 4 rings (SSSR count). The number of nitrogens with one attached hydrogen (secondary N) is 2. The van der Waals surface area contributed by atoms with Crippen molar-refractivity contribution in [3.8, 4) is 0 Å². The summed E-state index contributed by atoms with van der Waals surface area (Å²) in [5, 5.41) is 4.42. The van der Waals surface area contributed by atoms with Crippen LogP contribution in [0.15, 0.2) is 24.3 Å². The van der Waals surface area contributed by atoms with Gasteiger partial charge in [0, 0.05) is 24.8 Å². The number of hydrogen-bond acceptors (Lipinski definition) is 3. The number of carbonyl (C=O) groups excluding carboxylic acids is 1. The Balaban J connectivity index is 1.37. The minimum Gasteiger partial charge on any atom is -0.348 e. The molecule has 0 spiro atoms. The van der Waals surface area contributed by atoms with E-state index in [0.29, 0.717) is 12.0 Å². The van der Waals surface area contributed by atoms with Gasteiger partial charge in [-0.05, 0) is 31.9 Å². The third kappa shape index (κ3) is 3.26. The van der Waals surface area contributed by atoms with E-state index in [2.05, 4.69) is 36.5 Å². The Morgan fingerprint density at radius 3 is 2.70 bits per heavy atom. The van der Waals surface area contributed by atoms with E-state index in [-0.39, 0.29) is 11.9 Å². The molecule has 1 aromatic carbocycles. The van der Waals surface area contributed by atoms with Crippen molar-refractivity contribution in [1.82, 2.24) is 10.3 Å². The topological polar surface area (TPSA) is 46.4 Å². The lowest BCUT2D eigenvalue weighted by Crippen LogP contribution is -3.17. The highest BCUT2D eigenvalue weighted by molar-refractivity contribution is 7.18.